The fraction of sp³-hybridized carbons (Fsp3) is 0.941. The maximum absolute atomic E-state index is 5.92. The molecule has 0 aromatic heterocycles. The number of ether oxygens (including phenoxy) is 2. The fourth-order valence-electron chi connectivity index (χ4n) is 2.67. The van der Waals surface area contributed by atoms with Crippen LogP contribution in [0.2, 0.25) is 0 Å². The summed E-state index contributed by atoms with van der Waals surface area (Å²) in [5.41, 5.74) is 5.80. The highest BCUT2D eigenvalue weighted by molar-refractivity contribution is 5.77. The molecule has 1 saturated carbocycles. The van der Waals surface area contributed by atoms with Crippen LogP contribution in [0.25, 0.3) is 0 Å². The molecule has 130 valence electrons. The molecule has 0 unspecified atom stereocenters. The predicted molar refractivity (Wildman–Crippen MR) is 92.3 cm³/mol. The largest absolute Gasteiger partial charge is 0.382 e. The minimum absolute atomic E-state index is 0.534. The van der Waals surface area contributed by atoms with E-state index in [1.807, 2.05) is 6.92 Å². The van der Waals surface area contributed by atoms with Crippen molar-refractivity contribution in [1.29, 1.82) is 0 Å². The molecule has 1 aliphatic carbocycles. The van der Waals surface area contributed by atoms with Crippen LogP contribution in [0.1, 0.15) is 64.7 Å². The van der Waals surface area contributed by atoms with Crippen LogP contribution >= 0.6 is 0 Å². The van der Waals surface area contributed by atoms with E-state index >= 15 is 0 Å². The van der Waals surface area contributed by atoms with E-state index in [4.69, 9.17) is 15.2 Å². The van der Waals surface area contributed by atoms with Crippen molar-refractivity contribution in [2.24, 2.45) is 10.7 Å². The van der Waals surface area contributed by atoms with Gasteiger partial charge in [-0.25, -0.2) is 0 Å². The van der Waals surface area contributed by atoms with E-state index in [1.165, 1.54) is 38.5 Å². The van der Waals surface area contributed by atoms with Crippen LogP contribution in [0, 0.1) is 0 Å². The Labute approximate surface area is 136 Å². The topological polar surface area (TPSA) is 68.9 Å². The minimum atomic E-state index is 0.534. The van der Waals surface area contributed by atoms with Crippen LogP contribution in [-0.2, 0) is 9.47 Å². The second-order valence-corrected chi connectivity index (χ2v) is 5.94. The van der Waals surface area contributed by atoms with Gasteiger partial charge < -0.3 is 20.5 Å². The molecule has 3 N–H and O–H groups in total. The van der Waals surface area contributed by atoms with Gasteiger partial charge in [0.2, 0.25) is 0 Å². The predicted octanol–water partition coefficient (Wildman–Crippen LogP) is 2.84. The average molecular weight is 313 g/mol. The summed E-state index contributed by atoms with van der Waals surface area (Å²) in [4.78, 5) is 4.27. The maximum Gasteiger partial charge on any atom is 0.188 e. The molecular weight excluding hydrogens is 278 g/mol. The monoisotopic (exact) mass is 313 g/mol. The first kappa shape index (κ1) is 19.2. The van der Waals surface area contributed by atoms with Crippen LogP contribution in [0.5, 0.6) is 0 Å². The van der Waals surface area contributed by atoms with Crippen molar-refractivity contribution in [3.05, 3.63) is 0 Å². The van der Waals surface area contributed by atoms with Crippen molar-refractivity contribution < 1.29 is 9.47 Å². The fourth-order valence-corrected chi connectivity index (χ4v) is 2.67. The van der Waals surface area contributed by atoms with Crippen molar-refractivity contribution in [1.82, 2.24) is 5.32 Å². The summed E-state index contributed by atoms with van der Waals surface area (Å²) in [5.74, 6) is 0.551. The second-order valence-electron chi connectivity index (χ2n) is 5.94. The van der Waals surface area contributed by atoms with Crippen molar-refractivity contribution in [2.45, 2.75) is 70.8 Å². The lowest BCUT2D eigenvalue weighted by Crippen LogP contribution is -2.32. The molecule has 0 amide bonds. The van der Waals surface area contributed by atoms with Gasteiger partial charge in [0.25, 0.3) is 0 Å². The maximum atomic E-state index is 5.92. The Hall–Kier alpha value is -0.810. The lowest BCUT2D eigenvalue weighted by Gasteiger charge is -2.21. The van der Waals surface area contributed by atoms with Gasteiger partial charge in [0.1, 0.15) is 0 Å². The number of hydrogen-bond donors (Lipinski definition) is 2. The summed E-state index contributed by atoms with van der Waals surface area (Å²) < 4.78 is 11.2. The molecule has 0 bridgehead atoms. The van der Waals surface area contributed by atoms with Gasteiger partial charge in [-0.3, -0.25) is 4.99 Å². The van der Waals surface area contributed by atoms with Gasteiger partial charge in [0.05, 0.1) is 6.10 Å². The third kappa shape index (κ3) is 10.9. The van der Waals surface area contributed by atoms with Crippen LogP contribution in [0.3, 0.4) is 0 Å². The van der Waals surface area contributed by atoms with E-state index in [9.17, 15) is 0 Å². The van der Waals surface area contributed by atoms with Crippen LogP contribution in [-0.4, -0.2) is 45.0 Å². The Morgan fingerprint density at radius 2 is 1.91 bits per heavy atom. The van der Waals surface area contributed by atoms with E-state index in [1.54, 1.807) is 0 Å². The normalized spacial score (nSPS) is 16.9. The van der Waals surface area contributed by atoms with E-state index in [0.29, 0.717) is 12.1 Å². The number of hydrogen-bond acceptors (Lipinski definition) is 3. The lowest BCUT2D eigenvalue weighted by atomic mass is 9.98. The summed E-state index contributed by atoms with van der Waals surface area (Å²) in [6.07, 6.45) is 11.5. The molecular formula is C17H35N3O2. The van der Waals surface area contributed by atoms with Gasteiger partial charge in [-0.2, -0.15) is 0 Å². The zero-order valence-electron chi connectivity index (χ0n) is 14.3. The number of nitrogens with one attached hydrogen (secondary N) is 1. The van der Waals surface area contributed by atoms with Crippen LogP contribution in [0.15, 0.2) is 4.99 Å². The number of nitrogens with zero attached hydrogens (tertiary/aromatic N) is 1. The van der Waals surface area contributed by atoms with Gasteiger partial charge in [0.15, 0.2) is 5.96 Å². The van der Waals surface area contributed by atoms with Crippen molar-refractivity contribution in [2.75, 3.05) is 32.9 Å². The van der Waals surface area contributed by atoms with E-state index in [2.05, 4.69) is 10.3 Å². The van der Waals surface area contributed by atoms with Crippen molar-refractivity contribution in [3.63, 3.8) is 0 Å². The third-order valence-electron chi connectivity index (χ3n) is 3.97. The van der Waals surface area contributed by atoms with E-state index in [0.717, 1.165) is 52.2 Å². The van der Waals surface area contributed by atoms with Gasteiger partial charge in [-0.1, -0.05) is 19.3 Å². The molecule has 0 aromatic carbocycles. The zero-order chi connectivity index (χ0) is 15.9. The van der Waals surface area contributed by atoms with Gasteiger partial charge in [0, 0.05) is 32.9 Å². The Kier molecular flexibility index (Phi) is 12.1. The standard InChI is InChI=1S/C17H35N3O2/c1-2-21-14-9-13-20-17(18)19-12-7-4-8-15-22-16-10-5-3-6-11-16/h16H,2-15H2,1H3,(H3,18,19,20). The summed E-state index contributed by atoms with van der Waals surface area (Å²) >= 11 is 0. The van der Waals surface area contributed by atoms with Gasteiger partial charge in [-0.15, -0.1) is 0 Å². The first-order valence-electron chi connectivity index (χ1n) is 9.06. The minimum Gasteiger partial charge on any atom is -0.382 e. The highest BCUT2D eigenvalue weighted by Crippen LogP contribution is 2.20. The number of aliphatic imine (C=N–C) groups is 1. The smallest absolute Gasteiger partial charge is 0.188 e. The SMILES string of the molecule is CCOCCCN=C(N)NCCCCCOC1CCCCC1. The molecule has 1 rings (SSSR count). The van der Waals surface area contributed by atoms with Crippen molar-refractivity contribution in [3.8, 4) is 0 Å². The molecule has 5 nitrogen and oxygen atoms in total. The summed E-state index contributed by atoms with van der Waals surface area (Å²) in [7, 11) is 0. The zero-order valence-corrected chi connectivity index (χ0v) is 14.3. The highest BCUT2D eigenvalue weighted by Gasteiger charge is 2.12. The molecule has 0 heterocycles. The number of guanidine groups is 1. The first-order chi connectivity index (χ1) is 10.8. The number of unbranched alkanes of at least 4 members (excludes halogenated alkanes) is 2. The van der Waals surface area contributed by atoms with Gasteiger partial charge in [-0.05, 0) is 45.4 Å². The molecule has 0 atom stereocenters. The quantitative estimate of drug-likeness (QED) is 0.330. The summed E-state index contributed by atoms with van der Waals surface area (Å²) in [6, 6.07) is 0. The Morgan fingerprint density at radius 1 is 1.09 bits per heavy atom. The number of rotatable bonds is 12. The molecule has 5 heteroatoms. The molecule has 1 fully saturated rings. The highest BCUT2D eigenvalue weighted by atomic mass is 16.5. The van der Waals surface area contributed by atoms with Crippen molar-refractivity contribution >= 4 is 5.96 Å². The molecule has 0 radical (unpaired) electrons. The lowest BCUT2D eigenvalue weighted by molar-refractivity contribution is 0.0264. The Morgan fingerprint density at radius 3 is 2.68 bits per heavy atom. The van der Waals surface area contributed by atoms with E-state index in [-0.39, 0.29) is 0 Å². The molecule has 1 aliphatic rings. The second kappa shape index (κ2) is 13.8. The Balaban J connectivity index is 1.84. The van der Waals surface area contributed by atoms with Crippen LogP contribution < -0.4 is 11.1 Å². The van der Waals surface area contributed by atoms with Crippen LogP contribution in [0.4, 0.5) is 0 Å². The molecule has 0 aliphatic heterocycles. The first-order valence-corrected chi connectivity index (χ1v) is 9.06. The molecule has 0 spiro atoms. The molecule has 0 saturated heterocycles. The Bertz CT molecular complexity index is 279. The summed E-state index contributed by atoms with van der Waals surface area (Å²) in [6.45, 7) is 6.06. The van der Waals surface area contributed by atoms with E-state index < -0.39 is 0 Å². The number of nitrogens with two attached hydrogens (primary N) is 1. The molecule has 0 aromatic rings. The average Bonchev–Trinajstić information content (AvgIpc) is 2.55. The molecule has 22 heavy (non-hydrogen) atoms. The van der Waals surface area contributed by atoms with Gasteiger partial charge >= 0.3 is 0 Å². The third-order valence-corrected chi connectivity index (χ3v) is 3.97. The summed E-state index contributed by atoms with van der Waals surface area (Å²) in [5, 5.41) is 3.16.